The fourth-order valence-electron chi connectivity index (χ4n) is 3.50. The molecule has 0 aliphatic heterocycles. The molecule has 0 bridgehead atoms. The number of nitrogens with one attached hydrogen (secondary N) is 3. The number of aliphatic hydroxyl groups is 1. The van der Waals surface area contributed by atoms with Crippen molar-refractivity contribution in [2.45, 2.75) is 50.6 Å². The summed E-state index contributed by atoms with van der Waals surface area (Å²) in [5.41, 5.74) is 0.326. The normalized spacial score (nSPS) is 23.4. The molecule has 0 radical (unpaired) electrons. The summed E-state index contributed by atoms with van der Waals surface area (Å²) in [5.74, 6) is 1.44. The lowest BCUT2D eigenvalue weighted by atomic mass is 9.93. The van der Waals surface area contributed by atoms with Gasteiger partial charge in [0.2, 0.25) is 5.95 Å². The summed E-state index contributed by atoms with van der Waals surface area (Å²) in [7, 11) is 0. The number of aromatic amines is 1. The topological polar surface area (TPSA) is 103 Å². The van der Waals surface area contributed by atoms with Crippen LogP contribution in [0.3, 0.4) is 0 Å². The molecule has 2 fully saturated rings. The van der Waals surface area contributed by atoms with E-state index in [9.17, 15) is 9.90 Å². The van der Waals surface area contributed by atoms with Gasteiger partial charge in [-0.05, 0) is 44.4 Å². The van der Waals surface area contributed by atoms with Gasteiger partial charge in [0.15, 0.2) is 0 Å². The number of aromatic nitrogens is 3. The predicted molar refractivity (Wildman–Crippen MR) is 99.1 cm³/mol. The molecule has 134 valence electrons. The highest BCUT2D eigenvalue weighted by Gasteiger charge is 2.27. The first kappa shape index (κ1) is 16.5. The third-order valence-electron chi connectivity index (χ3n) is 5.15. The minimum Gasteiger partial charge on any atom is -0.396 e. The lowest BCUT2D eigenvalue weighted by Crippen LogP contribution is -2.30. The molecule has 2 aliphatic rings. The fourth-order valence-corrected chi connectivity index (χ4v) is 4.18. The third kappa shape index (κ3) is 3.55. The van der Waals surface area contributed by atoms with E-state index >= 15 is 0 Å². The Labute approximate surface area is 149 Å². The SMILES string of the molecule is O=c1[nH]c(NC2CCC2)nc(NC2CCC(CO)C2)c1-c1nccs1. The summed E-state index contributed by atoms with van der Waals surface area (Å²) >= 11 is 1.43. The van der Waals surface area contributed by atoms with Gasteiger partial charge in [-0.15, -0.1) is 11.3 Å². The van der Waals surface area contributed by atoms with Crippen LogP contribution in [0.25, 0.3) is 10.6 Å². The van der Waals surface area contributed by atoms with E-state index in [0.29, 0.717) is 34.3 Å². The van der Waals surface area contributed by atoms with E-state index in [-0.39, 0.29) is 18.2 Å². The zero-order chi connectivity index (χ0) is 17.2. The summed E-state index contributed by atoms with van der Waals surface area (Å²) in [6, 6.07) is 0.619. The lowest BCUT2D eigenvalue weighted by molar-refractivity contribution is 0.229. The van der Waals surface area contributed by atoms with Gasteiger partial charge >= 0.3 is 0 Å². The van der Waals surface area contributed by atoms with Crippen molar-refractivity contribution in [3.05, 3.63) is 21.9 Å². The van der Waals surface area contributed by atoms with Crippen molar-refractivity contribution in [3.63, 3.8) is 0 Å². The molecule has 2 aliphatic carbocycles. The molecule has 2 aromatic heterocycles. The number of anilines is 2. The first-order valence-electron chi connectivity index (χ1n) is 8.91. The maximum atomic E-state index is 12.7. The fraction of sp³-hybridized carbons (Fsp3) is 0.588. The number of hydrogen-bond acceptors (Lipinski definition) is 7. The Morgan fingerprint density at radius 2 is 2.12 bits per heavy atom. The molecule has 2 saturated carbocycles. The second kappa shape index (κ2) is 7.13. The second-order valence-corrected chi connectivity index (χ2v) is 7.85. The first-order valence-corrected chi connectivity index (χ1v) is 9.79. The van der Waals surface area contributed by atoms with E-state index in [4.69, 9.17) is 0 Å². The molecule has 4 N–H and O–H groups in total. The van der Waals surface area contributed by atoms with E-state index in [1.165, 1.54) is 17.8 Å². The average Bonchev–Trinajstić information content (AvgIpc) is 3.22. The lowest BCUT2D eigenvalue weighted by Gasteiger charge is -2.27. The number of H-pyrrole nitrogens is 1. The standard InChI is InChI=1S/C17H23N5O2S/c23-9-10-4-5-12(8-10)19-14-13(16-18-6-7-25-16)15(24)22-17(21-14)20-11-2-1-3-11/h6-7,10-12,23H,1-5,8-9H2,(H3,19,20,21,22,24). The van der Waals surface area contributed by atoms with Crippen LogP contribution < -0.4 is 16.2 Å². The molecule has 2 unspecified atom stereocenters. The predicted octanol–water partition coefficient (Wildman–Crippen LogP) is 2.43. The maximum Gasteiger partial charge on any atom is 0.264 e. The van der Waals surface area contributed by atoms with Crippen LogP contribution in [0.5, 0.6) is 0 Å². The van der Waals surface area contributed by atoms with E-state index in [1.54, 1.807) is 6.20 Å². The summed E-state index contributed by atoms with van der Waals surface area (Å²) in [5, 5.41) is 18.6. The van der Waals surface area contributed by atoms with Gasteiger partial charge < -0.3 is 15.7 Å². The zero-order valence-electron chi connectivity index (χ0n) is 14.0. The van der Waals surface area contributed by atoms with E-state index in [2.05, 4.69) is 25.6 Å². The number of thiazole rings is 1. The molecule has 2 heterocycles. The van der Waals surface area contributed by atoms with Gasteiger partial charge in [0.05, 0.1) is 0 Å². The number of hydrogen-bond donors (Lipinski definition) is 4. The van der Waals surface area contributed by atoms with Crippen LogP contribution in [0, 0.1) is 5.92 Å². The molecule has 0 aromatic carbocycles. The molecular weight excluding hydrogens is 338 g/mol. The minimum atomic E-state index is -0.175. The van der Waals surface area contributed by atoms with Gasteiger partial charge in [-0.3, -0.25) is 9.78 Å². The molecule has 7 nitrogen and oxygen atoms in total. The zero-order valence-corrected chi connectivity index (χ0v) is 14.8. The molecule has 0 saturated heterocycles. The molecule has 0 amide bonds. The van der Waals surface area contributed by atoms with Gasteiger partial charge in [-0.25, -0.2) is 4.98 Å². The van der Waals surface area contributed by atoms with E-state index < -0.39 is 0 Å². The second-order valence-electron chi connectivity index (χ2n) is 6.95. The van der Waals surface area contributed by atoms with Crippen LogP contribution >= 0.6 is 11.3 Å². The van der Waals surface area contributed by atoms with Gasteiger partial charge in [0.25, 0.3) is 5.56 Å². The van der Waals surface area contributed by atoms with Gasteiger partial charge in [0.1, 0.15) is 16.4 Å². The van der Waals surface area contributed by atoms with Gasteiger partial charge in [-0.1, -0.05) is 0 Å². The van der Waals surface area contributed by atoms with Crippen molar-refractivity contribution in [1.82, 2.24) is 15.0 Å². The van der Waals surface area contributed by atoms with Crippen molar-refractivity contribution < 1.29 is 5.11 Å². The van der Waals surface area contributed by atoms with Crippen LogP contribution in [0.2, 0.25) is 0 Å². The largest absolute Gasteiger partial charge is 0.396 e. The van der Waals surface area contributed by atoms with Gasteiger partial charge in [-0.2, -0.15) is 4.98 Å². The maximum absolute atomic E-state index is 12.7. The molecule has 2 aromatic rings. The summed E-state index contributed by atoms with van der Waals surface area (Å²) in [4.78, 5) is 24.5. The summed E-state index contributed by atoms with van der Waals surface area (Å²) < 4.78 is 0. The molecule has 2 atom stereocenters. The Hall–Kier alpha value is -1.93. The average molecular weight is 361 g/mol. The third-order valence-corrected chi connectivity index (χ3v) is 5.94. The number of rotatable bonds is 6. The van der Waals surface area contributed by atoms with Gasteiger partial charge in [0, 0.05) is 30.3 Å². The Balaban J connectivity index is 1.64. The van der Waals surface area contributed by atoms with Crippen LogP contribution in [0.4, 0.5) is 11.8 Å². The summed E-state index contributed by atoms with van der Waals surface area (Å²) in [6.07, 6.45) is 8.01. The highest BCUT2D eigenvalue weighted by atomic mass is 32.1. The van der Waals surface area contributed by atoms with Crippen LogP contribution in [0.1, 0.15) is 38.5 Å². The Morgan fingerprint density at radius 3 is 2.76 bits per heavy atom. The van der Waals surface area contributed by atoms with Crippen molar-refractivity contribution in [3.8, 4) is 10.6 Å². The van der Waals surface area contributed by atoms with Crippen LogP contribution in [-0.4, -0.2) is 38.7 Å². The van der Waals surface area contributed by atoms with Crippen molar-refractivity contribution in [2.24, 2.45) is 5.92 Å². The minimum absolute atomic E-state index is 0.175. The molecular formula is C17H23N5O2S. The van der Waals surface area contributed by atoms with E-state index in [0.717, 1.165) is 32.1 Å². The van der Waals surface area contributed by atoms with Crippen LogP contribution in [-0.2, 0) is 0 Å². The molecule has 0 spiro atoms. The summed E-state index contributed by atoms with van der Waals surface area (Å²) in [6.45, 7) is 0.217. The van der Waals surface area contributed by atoms with Crippen LogP contribution in [0.15, 0.2) is 16.4 Å². The quantitative estimate of drug-likeness (QED) is 0.630. The first-order chi connectivity index (χ1) is 12.2. The number of aliphatic hydroxyl groups excluding tert-OH is 1. The smallest absolute Gasteiger partial charge is 0.264 e. The highest BCUT2D eigenvalue weighted by molar-refractivity contribution is 7.13. The Kier molecular flexibility index (Phi) is 4.72. The molecule has 8 heteroatoms. The van der Waals surface area contributed by atoms with Crippen molar-refractivity contribution >= 4 is 23.1 Å². The molecule has 4 rings (SSSR count). The Bertz CT molecular complexity index is 772. The monoisotopic (exact) mass is 361 g/mol. The van der Waals surface area contributed by atoms with Crippen molar-refractivity contribution in [2.75, 3.05) is 17.2 Å². The van der Waals surface area contributed by atoms with Crippen molar-refractivity contribution in [1.29, 1.82) is 0 Å². The highest BCUT2D eigenvalue weighted by Crippen LogP contribution is 2.31. The Morgan fingerprint density at radius 1 is 1.24 bits per heavy atom. The molecule has 25 heavy (non-hydrogen) atoms. The van der Waals surface area contributed by atoms with E-state index in [1.807, 2.05) is 5.38 Å². The number of nitrogens with zero attached hydrogens (tertiary/aromatic N) is 2.